The molecule has 6 nitrogen and oxygen atoms in total. The summed E-state index contributed by atoms with van der Waals surface area (Å²) in [7, 11) is 3.61. The topological polar surface area (TPSA) is 65.6 Å². The third-order valence-electron chi connectivity index (χ3n) is 10.8. The van der Waals surface area contributed by atoms with Gasteiger partial charge < -0.3 is 0 Å². The summed E-state index contributed by atoms with van der Waals surface area (Å²) in [6.45, 7) is 0. The van der Waals surface area contributed by atoms with Crippen LogP contribution >= 0.6 is 0 Å². The highest BCUT2D eigenvalue weighted by Gasteiger charge is 2.20. The highest BCUT2D eigenvalue weighted by molar-refractivity contribution is 6.21. The van der Waals surface area contributed by atoms with Gasteiger partial charge >= 0.3 is 5.69 Å². The Kier molecular flexibility index (Phi) is 7.96. The molecule has 0 saturated heterocycles. The number of hydrogen-bond acceptors (Lipinski definition) is 4. The number of benzene rings is 8. The van der Waals surface area contributed by atoms with E-state index in [4.69, 9.17) is 15.0 Å². The van der Waals surface area contributed by atoms with Crippen molar-refractivity contribution in [2.45, 2.75) is 0 Å². The lowest BCUT2D eigenvalue weighted by molar-refractivity contribution is 0.795. The van der Waals surface area contributed by atoms with E-state index in [2.05, 4.69) is 127 Å². The zero-order valence-electron chi connectivity index (χ0n) is 30.9. The summed E-state index contributed by atoms with van der Waals surface area (Å²) >= 11 is 0. The first-order chi connectivity index (χ1) is 27.5. The van der Waals surface area contributed by atoms with Crippen molar-refractivity contribution in [3.63, 3.8) is 0 Å². The maximum atomic E-state index is 12.8. The average Bonchev–Trinajstić information content (AvgIpc) is 3.48. The lowest BCUT2D eigenvalue weighted by atomic mass is 9.86. The van der Waals surface area contributed by atoms with Gasteiger partial charge in [0.1, 0.15) is 0 Å². The maximum absolute atomic E-state index is 12.8. The van der Waals surface area contributed by atoms with E-state index in [0.717, 1.165) is 44.4 Å². The van der Waals surface area contributed by atoms with Crippen molar-refractivity contribution in [2.75, 3.05) is 0 Å². The van der Waals surface area contributed by atoms with Gasteiger partial charge in [-0.2, -0.15) is 0 Å². The van der Waals surface area contributed by atoms with Gasteiger partial charge in [0.2, 0.25) is 0 Å². The Morgan fingerprint density at radius 3 is 1.46 bits per heavy atom. The van der Waals surface area contributed by atoms with Crippen LogP contribution in [0, 0.1) is 0 Å². The second kappa shape index (κ2) is 13.4. The van der Waals surface area contributed by atoms with E-state index in [0.29, 0.717) is 17.5 Å². The quantitative estimate of drug-likeness (QED) is 0.160. The van der Waals surface area contributed by atoms with Gasteiger partial charge in [0.25, 0.3) is 0 Å². The number of rotatable bonds is 6. The van der Waals surface area contributed by atoms with Gasteiger partial charge in [0, 0.05) is 30.8 Å². The summed E-state index contributed by atoms with van der Waals surface area (Å²) in [5, 5.41) is 4.78. The Bertz CT molecular complexity index is 3130. The first-order valence-electron chi connectivity index (χ1n) is 18.7. The molecule has 10 aromatic rings. The van der Waals surface area contributed by atoms with Gasteiger partial charge in [-0.15, -0.1) is 0 Å². The smallest absolute Gasteiger partial charge is 0.295 e. The van der Waals surface area contributed by atoms with Crippen LogP contribution in [0.5, 0.6) is 0 Å². The summed E-state index contributed by atoms with van der Waals surface area (Å²) < 4.78 is 3.36. The second-order valence-corrected chi connectivity index (χ2v) is 14.1. The van der Waals surface area contributed by atoms with Crippen LogP contribution in [0.15, 0.2) is 181 Å². The fourth-order valence-corrected chi connectivity index (χ4v) is 8.12. The molecule has 0 unspecified atom stereocenters. The average molecular weight is 722 g/mol. The van der Waals surface area contributed by atoms with Gasteiger partial charge in [0.15, 0.2) is 17.5 Å². The summed E-state index contributed by atoms with van der Waals surface area (Å²) in [6.07, 6.45) is 0. The molecule has 10 rings (SSSR count). The van der Waals surface area contributed by atoms with E-state index in [-0.39, 0.29) is 5.69 Å². The van der Waals surface area contributed by atoms with Gasteiger partial charge in [-0.25, -0.2) is 19.7 Å². The van der Waals surface area contributed by atoms with E-state index in [1.807, 2.05) is 55.6 Å². The van der Waals surface area contributed by atoms with Crippen molar-refractivity contribution < 1.29 is 0 Å². The summed E-state index contributed by atoms with van der Waals surface area (Å²) in [4.78, 5) is 28.2. The molecule has 0 N–H and O–H groups in total. The molecule has 0 aliphatic carbocycles. The normalized spacial score (nSPS) is 11.5. The molecule has 0 aliphatic rings. The third kappa shape index (κ3) is 5.50. The fraction of sp³-hybridized carbons (Fsp3) is 0.0400. The monoisotopic (exact) mass is 721 g/mol. The van der Waals surface area contributed by atoms with Crippen LogP contribution in [0.3, 0.4) is 0 Å². The first-order valence-corrected chi connectivity index (χ1v) is 18.7. The van der Waals surface area contributed by atoms with Crippen molar-refractivity contribution in [1.82, 2.24) is 24.1 Å². The van der Waals surface area contributed by atoms with Crippen molar-refractivity contribution in [3.8, 4) is 67.5 Å². The molecular formula is C50H35N5O. The van der Waals surface area contributed by atoms with Crippen LogP contribution in [0.1, 0.15) is 0 Å². The predicted molar refractivity (Wildman–Crippen MR) is 229 cm³/mol. The van der Waals surface area contributed by atoms with E-state index in [1.54, 1.807) is 16.2 Å². The molecule has 0 atom stereocenters. The van der Waals surface area contributed by atoms with Crippen molar-refractivity contribution in [2.24, 2.45) is 14.1 Å². The fourth-order valence-electron chi connectivity index (χ4n) is 8.12. The Morgan fingerprint density at radius 2 is 0.821 bits per heavy atom. The van der Waals surface area contributed by atoms with E-state index >= 15 is 0 Å². The molecule has 2 heterocycles. The van der Waals surface area contributed by atoms with E-state index in [9.17, 15) is 4.79 Å². The Morgan fingerprint density at radius 1 is 0.357 bits per heavy atom. The zero-order valence-corrected chi connectivity index (χ0v) is 30.9. The Labute approximate surface area is 323 Å². The van der Waals surface area contributed by atoms with E-state index < -0.39 is 0 Å². The van der Waals surface area contributed by atoms with Crippen LogP contribution in [0.4, 0.5) is 0 Å². The standard InChI is InChI=1S/C50H35N5O/c1-54-43-29-28-34(31-44(43)55(2)50(54)56)37-22-9-14-27-42(37)49-52-47(33-18-7-4-8-19-33)51-48(53-49)36-21-15-20-35(30-36)46-40-25-12-10-23-38(40)45(32-16-5-3-6-17-32)39-24-11-13-26-41(39)46/h3-31H,1-2H3. The molecule has 266 valence electrons. The van der Waals surface area contributed by atoms with Gasteiger partial charge in [-0.05, 0) is 73.1 Å². The number of fused-ring (bicyclic) bond motifs is 3. The highest BCUT2D eigenvalue weighted by Crippen LogP contribution is 2.44. The molecular weight excluding hydrogens is 687 g/mol. The van der Waals surface area contributed by atoms with Crippen molar-refractivity contribution in [3.05, 3.63) is 186 Å². The number of hydrogen-bond donors (Lipinski definition) is 0. The molecule has 56 heavy (non-hydrogen) atoms. The first kappa shape index (κ1) is 33.2. The highest BCUT2D eigenvalue weighted by atomic mass is 16.1. The minimum atomic E-state index is -0.0598. The van der Waals surface area contributed by atoms with Gasteiger partial charge in [0.05, 0.1) is 11.0 Å². The number of imidazole rings is 1. The lowest BCUT2D eigenvalue weighted by Crippen LogP contribution is -2.19. The number of aryl methyl sites for hydroxylation is 2. The molecule has 6 heteroatoms. The SMILES string of the molecule is Cn1c(=O)n(C)c2cc(-c3ccccc3-c3nc(-c4ccccc4)nc(-c4cccc(-c5c6ccccc6c(-c6ccccc6)c6ccccc56)c4)n3)ccc21. The van der Waals surface area contributed by atoms with E-state index in [1.165, 1.54) is 38.2 Å². The minimum absolute atomic E-state index is 0.0598. The molecule has 0 bridgehead atoms. The molecule has 0 fully saturated rings. The molecule has 2 aromatic heterocycles. The Balaban J connectivity index is 1.17. The van der Waals surface area contributed by atoms with Crippen LogP contribution < -0.4 is 5.69 Å². The van der Waals surface area contributed by atoms with Crippen LogP contribution in [-0.4, -0.2) is 24.1 Å². The van der Waals surface area contributed by atoms with Crippen LogP contribution in [-0.2, 0) is 14.1 Å². The lowest BCUT2D eigenvalue weighted by Gasteiger charge is -2.18. The van der Waals surface area contributed by atoms with Crippen LogP contribution in [0.2, 0.25) is 0 Å². The molecule has 0 radical (unpaired) electrons. The molecule has 0 spiro atoms. The molecule has 0 aliphatic heterocycles. The zero-order chi connectivity index (χ0) is 37.8. The predicted octanol–water partition coefficient (Wildman–Crippen LogP) is 11.4. The second-order valence-electron chi connectivity index (χ2n) is 14.1. The number of nitrogens with zero attached hydrogens (tertiary/aromatic N) is 5. The minimum Gasteiger partial charge on any atom is -0.295 e. The van der Waals surface area contributed by atoms with Crippen LogP contribution in [0.25, 0.3) is 100 Å². The summed E-state index contributed by atoms with van der Waals surface area (Å²) in [5.74, 6) is 1.75. The molecule has 0 amide bonds. The maximum Gasteiger partial charge on any atom is 0.328 e. The van der Waals surface area contributed by atoms with Gasteiger partial charge in [-0.3, -0.25) is 9.13 Å². The van der Waals surface area contributed by atoms with Crippen molar-refractivity contribution >= 4 is 32.6 Å². The third-order valence-corrected chi connectivity index (χ3v) is 10.8. The summed E-state index contributed by atoms with van der Waals surface area (Å²) in [5.41, 5.74) is 11.0. The summed E-state index contributed by atoms with van der Waals surface area (Å²) in [6, 6.07) is 61.0. The Hall–Kier alpha value is -7.44. The largest absolute Gasteiger partial charge is 0.328 e. The van der Waals surface area contributed by atoms with Crippen molar-refractivity contribution in [1.29, 1.82) is 0 Å². The molecule has 8 aromatic carbocycles. The van der Waals surface area contributed by atoms with Gasteiger partial charge in [-0.1, -0.05) is 158 Å². The molecule has 0 saturated carbocycles. The number of aromatic nitrogens is 5.